The van der Waals surface area contributed by atoms with Crippen molar-refractivity contribution in [1.29, 1.82) is 0 Å². The molecule has 7 heteroatoms. The average molecular weight is 365 g/mol. The molecule has 0 radical (unpaired) electrons. The minimum absolute atomic E-state index is 0. The maximum atomic E-state index is 12.1. The Kier molecular flexibility index (Phi) is 5.01. The van der Waals surface area contributed by atoms with Crippen molar-refractivity contribution in [2.45, 2.75) is 25.4 Å². The Morgan fingerprint density at radius 2 is 2.08 bits per heavy atom. The van der Waals surface area contributed by atoms with E-state index in [2.05, 4.69) is 15.7 Å². The predicted octanol–water partition coefficient (Wildman–Crippen LogP) is 2.27. The molecular weight excluding hydrogens is 344 g/mol. The van der Waals surface area contributed by atoms with Crippen LogP contribution in [0.3, 0.4) is 0 Å². The molecule has 0 saturated carbocycles. The van der Waals surface area contributed by atoms with E-state index in [0.29, 0.717) is 18.4 Å². The van der Waals surface area contributed by atoms with Crippen LogP contribution in [0.2, 0.25) is 0 Å². The summed E-state index contributed by atoms with van der Waals surface area (Å²) in [6.45, 7) is 3.29. The number of pyridine rings is 1. The quantitative estimate of drug-likeness (QED) is 0.782. The van der Waals surface area contributed by atoms with Gasteiger partial charge in [-0.1, -0.05) is 6.07 Å². The summed E-state index contributed by atoms with van der Waals surface area (Å²) < 4.78 is 12.2. The SMILES string of the molecule is COC(=O)c1ccc(CN2CC3CC(C2)c2cccc(=O)n2C3)o1.Cl. The first-order valence-corrected chi connectivity index (χ1v) is 8.23. The monoisotopic (exact) mass is 364 g/mol. The van der Waals surface area contributed by atoms with E-state index < -0.39 is 5.97 Å². The van der Waals surface area contributed by atoms with Crippen LogP contribution in [0.15, 0.2) is 39.5 Å². The summed E-state index contributed by atoms with van der Waals surface area (Å²) in [5.41, 5.74) is 1.24. The largest absolute Gasteiger partial charge is 0.463 e. The van der Waals surface area contributed by atoms with Crippen LogP contribution >= 0.6 is 12.4 Å². The minimum Gasteiger partial charge on any atom is -0.463 e. The van der Waals surface area contributed by atoms with Gasteiger partial charge in [-0.15, -0.1) is 12.4 Å². The van der Waals surface area contributed by atoms with Gasteiger partial charge < -0.3 is 13.7 Å². The van der Waals surface area contributed by atoms with Crippen LogP contribution in [0.25, 0.3) is 0 Å². The number of fused-ring (bicyclic) bond motifs is 4. The molecule has 0 aliphatic carbocycles. The number of hydrogen-bond acceptors (Lipinski definition) is 5. The van der Waals surface area contributed by atoms with Crippen molar-refractivity contribution < 1.29 is 13.9 Å². The molecule has 2 aliphatic rings. The van der Waals surface area contributed by atoms with E-state index in [9.17, 15) is 9.59 Å². The van der Waals surface area contributed by atoms with E-state index in [4.69, 9.17) is 4.42 Å². The molecule has 2 unspecified atom stereocenters. The molecule has 2 aromatic rings. The molecule has 2 aliphatic heterocycles. The zero-order valence-electron chi connectivity index (χ0n) is 14.0. The molecule has 2 bridgehead atoms. The van der Waals surface area contributed by atoms with Gasteiger partial charge in [0.2, 0.25) is 5.76 Å². The Morgan fingerprint density at radius 3 is 2.88 bits per heavy atom. The van der Waals surface area contributed by atoms with Crippen LogP contribution < -0.4 is 5.56 Å². The normalized spacial score (nSPS) is 22.0. The average Bonchev–Trinajstić information content (AvgIpc) is 3.03. The molecule has 2 atom stereocenters. The minimum atomic E-state index is -0.454. The van der Waals surface area contributed by atoms with Gasteiger partial charge in [0.15, 0.2) is 0 Å². The highest BCUT2D eigenvalue weighted by molar-refractivity contribution is 5.86. The van der Waals surface area contributed by atoms with Crippen LogP contribution in [0.4, 0.5) is 0 Å². The van der Waals surface area contributed by atoms with Gasteiger partial charge in [0.05, 0.1) is 13.7 Å². The second kappa shape index (κ2) is 7.06. The lowest BCUT2D eigenvalue weighted by molar-refractivity contribution is 0.0557. The summed E-state index contributed by atoms with van der Waals surface area (Å²) in [7, 11) is 1.34. The van der Waals surface area contributed by atoms with Crippen molar-refractivity contribution >= 4 is 18.4 Å². The molecular formula is C18H21ClN2O4. The number of methoxy groups -OCH3 is 1. The van der Waals surface area contributed by atoms with Gasteiger partial charge in [-0.05, 0) is 30.5 Å². The van der Waals surface area contributed by atoms with Gasteiger partial charge in [0.1, 0.15) is 5.76 Å². The van der Waals surface area contributed by atoms with E-state index in [1.54, 1.807) is 12.1 Å². The molecule has 4 heterocycles. The van der Waals surface area contributed by atoms with Gasteiger partial charge in [-0.2, -0.15) is 0 Å². The smallest absolute Gasteiger partial charge is 0.373 e. The number of rotatable bonds is 3. The second-order valence-electron chi connectivity index (χ2n) is 6.65. The molecule has 2 aromatic heterocycles. The molecule has 4 rings (SSSR count). The molecule has 1 saturated heterocycles. The first-order chi connectivity index (χ1) is 11.6. The summed E-state index contributed by atoms with van der Waals surface area (Å²) in [6, 6.07) is 9.03. The zero-order valence-corrected chi connectivity index (χ0v) is 14.8. The van der Waals surface area contributed by atoms with E-state index in [-0.39, 0.29) is 23.7 Å². The Labute approximate surface area is 151 Å². The number of likely N-dealkylation sites (tertiary alicyclic amines) is 1. The lowest BCUT2D eigenvalue weighted by Gasteiger charge is -2.42. The lowest BCUT2D eigenvalue weighted by Crippen LogP contribution is -2.46. The summed E-state index contributed by atoms with van der Waals surface area (Å²) in [4.78, 5) is 25.9. The number of piperidine rings is 1. The molecule has 0 aromatic carbocycles. The third kappa shape index (κ3) is 3.37. The highest BCUT2D eigenvalue weighted by Crippen LogP contribution is 2.35. The van der Waals surface area contributed by atoms with Crippen molar-refractivity contribution in [1.82, 2.24) is 9.47 Å². The second-order valence-corrected chi connectivity index (χ2v) is 6.65. The number of carbonyl (C=O) groups excluding carboxylic acids is 1. The Hall–Kier alpha value is -2.05. The number of aromatic nitrogens is 1. The predicted molar refractivity (Wildman–Crippen MR) is 94.1 cm³/mol. The lowest BCUT2D eigenvalue weighted by atomic mass is 9.83. The van der Waals surface area contributed by atoms with Gasteiger partial charge in [-0.25, -0.2) is 4.79 Å². The van der Waals surface area contributed by atoms with Gasteiger partial charge in [0.25, 0.3) is 5.56 Å². The van der Waals surface area contributed by atoms with Crippen molar-refractivity contribution in [3.63, 3.8) is 0 Å². The van der Waals surface area contributed by atoms with E-state index in [1.807, 2.05) is 16.7 Å². The van der Waals surface area contributed by atoms with Gasteiger partial charge in [0, 0.05) is 37.3 Å². The zero-order chi connectivity index (χ0) is 16.7. The molecule has 0 spiro atoms. The number of carbonyl (C=O) groups is 1. The third-order valence-electron chi connectivity index (χ3n) is 4.98. The standard InChI is InChI=1S/C18H20N2O4.ClH/c1-23-18(22)16-6-5-14(24-16)11-19-8-12-7-13(10-19)15-3-2-4-17(21)20(15)9-12;/h2-6,12-13H,7-11H2,1H3;1H. The molecule has 0 amide bonds. The summed E-state index contributed by atoms with van der Waals surface area (Å²) in [6.07, 6.45) is 1.13. The van der Waals surface area contributed by atoms with Crippen molar-refractivity contribution in [3.8, 4) is 0 Å². The summed E-state index contributed by atoms with van der Waals surface area (Å²) >= 11 is 0. The van der Waals surface area contributed by atoms with Crippen molar-refractivity contribution in [2.24, 2.45) is 5.92 Å². The number of ether oxygens (including phenoxy) is 1. The first-order valence-electron chi connectivity index (χ1n) is 8.23. The maximum absolute atomic E-state index is 12.1. The highest BCUT2D eigenvalue weighted by atomic mass is 35.5. The topological polar surface area (TPSA) is 64.7 Å². The van der Waals surface area contributed by atoms with Crippen LogP contribution in [-0.2, 0) is 17.8 Å². The Balaban J connectivity index is 0.00000182. The number of halogens is 1. The first kappa shape index (κ1) is 17.8. The molecule has 0 N–H and O–H groups in total. The number of hydrogen-bond donors (Lipinski definition) is 0. The molecule has 6 nitrogen and oxygen atoms in total. The van der Waals surface area contributed by atoms with Crippen LogP contribution in [0.5, 0.6) is 0 Å². The van der Waals surface area contributed by atoms with E-state index in [0.717, 1.165) is 37.5 Å². The number of esters is 1. The molecule has 1 fully saturated rings. The van der Waals surface area contributed by atoms with Crippen LogP contribution in [0, 0.1) is 5.92 Å². The van der Waals surface area contributed by atoms with Gasteiger partial charge in [-0.3, -0.25) is 9.69 Å². The number of furan rings is 1. The van der Waals surface area contributed by atoms with Crippen molar-refractivity contribution in [3.05, 3.63) is 57.9 Å². The maximum Gasteiger partial charge on any atom is 0.373 e. The van der Waals surface area contributed by atoms with E-state index in [1.165, 1.54) is 7.11 Å². The van der Waals surface area contributed by atoms with Crippen molar-refractivity contribution in [2.75, 3.05) is 20.2 Å². The number of nitrogens with zero attached hydrogens (tertiary/aromatic N) is 2. The Bertz CT molecular complexity index is 828. The summed E-state index contributed by atoms with van der Waals surface area (Å²) in [5, 5.41) is 0. The summed E-state index contributed by atoms with van der Waals surface area (Å²) in [5.74, 6) is 1.40. The van der Waals surface area contributed by atoms with Gasteiger partial charge >= 0.3 is 5.97 Å². The third-order valence-corrected chi connectivity index (χ3v) is 4.98. The highest BCUT2D eigenvalue weighted by Gasteiger charge is 2.34. The van der Waals surface area contributed by atoms with Crippen LogP contribution in [-0.4, -0.2) is 35.6 Å². The van der Waals surface area contributed by atoms with E-state index >= 15 is 0 Å². The molecule has 134 valence electrons. The Morgan fingerprint density at radius 1 is 1.24 bits per heavy atom. The fourth-order valence-electron chi connectivity index (χ4n) is 4.02. The molecule has 25 heavy (non-hydrogen) atoms. The fraction of sp³-hybridized carbons (Fsp3) is 0.444. The fourth-order valence-corrected chi connectivity index (χ4v) is 4.02. The van der Waals surface area contributed by atoms with Crippen LogP contribution in [0.1, 0.15) is 34.3 Å².